The van der Waals surface area contributed by atoms with E-state index in [0.29, 0.717) is 29.5 Å². The van der Waals surface area contributed by atoms with Gasteiger partial charge >= 0.3 is 6.03 Å². The highest BCUT2D eigenvalue weighted by molar-refractivity contribution is 6.31. The minimum atomic E-state index is -0.707. The molecule has 0 saturated carbocycles. The lowest BCUT2D eigenvalue weighted by atomic mass is 10.1. The van der Waals surface area contributed by atoms with Crippen LogP contribution in [0.15, 0.2) is 42.6 Å². The molecule has 0 bridgehead atoms. The highest BCUT2D eigenvalue weighted by atomic mass is 35.5. The quantitative estimate of drug-likeness (QED) is 0.427. The first kappa shape index (κ1) is 22.1. The molecule has 2 aromatic carbocycles. The van der Waals surface area contributed by atoms with Crippen LogP contribution in [0.4, 0.5) is 4.79 Å². The number of halogens is 1. The van der Waals surface area contributed by atoms with Gasteiger partial charge in [0, 0.05) is 41.6 Å². The molecule has 3 N–H and O–H groups in total. The van der Waals surface area contributed by atoms with E-state index in [1.165, 1.54) is 4.90 Å². The Balaban J connectivity index is 1.10. The lowest BCUT2D eigenvalue weighted by Crippen LogP contribution is -2.33. The summed E-state index contributed by atoms with van der Waals surface area (Å²) in [6.45, 7) is 0.775. The van der Waals surface area contributed by atoms with Crippen molar-refractivity contribution in [3.05, 3.63) is 58.7 Å². The third-order valence-corrected chi connectivity index (χ3v) is 6.26. The Kier molecular flexibility index (Phi) is 6.02. The number of urea groups is 1. The van der Waals surface area contributed by atoms with E-state index in [1.807, 2.05) is 30.5 Å². The zero-order chi connectivity index (χ0) is 23.7. The number of rotatable bonds is 8. The van der Waals surface area contributed by atoms with Crippen LogP contribution in [0.2, 0.25) is 5.02 Å². The highest BCUT2D eigenvalue weighted by Crippen LogP contribution is 2.32. The smallest absolute Gasteiger partial charge is 0.324 e. The van der Waals surface area contributed by atoms with Crippen molar-refractivity contribution < 1.29 is 23.9 Å². The molecule has 0 radical (unpaired) electrons. The molecule has 1 atom stereocenters. The van der Waals surface area contributed by atoms with Crippen LogP contribution in [0.25, 0.3) is 10.9 Å². The molecule has 1 saturated heterocycles. The van der Waals surface area contributed by atoms with Gasteiger partial charge in [-0.25, -0.2) is 4.79 Å². The lowest BCUT2D eigenvalue weighted by Gasteiger charge is -2.13. The van der Waals surface area contributed by atoms with Crippen LogP contribution in [0.1, 0.15) is 24.0 Å². The topological polar surface area (TPSA) is 113 Å². The first-order chi connectivity index (χ1) is 16.5. The fourth-order valence-electron chi connectivity index (χ4n) is 4.19. The van der Waals surface area contributed by atoms with Gasteiger partial charge in [-0.3, -0.25) is 14.5 Å². The predicted octanol–water partition coefficient (Wildman–Crippen LogP) is 3.11. The molecule has 1 unspecified atom stereocenters. The van der Waals surface area contributed by atoms with Gasteiger partial charge in [-0.15, -0.1) is 0 Å². The number of hydrogen-bond acceptors (Lipinski definition) is 5. The van der Waals surface area contributed by atoms with E-state index in [9.17, 15) is 14.4 Å². The Labute approximate surface area is 200 Å². The van der Waals surface area contributed by atoms with E-state index in [1.54, 1.807) is 12.1 Å². The number of nitrogens with one attached hydrogen (secondary N) is 3. The Hall–Kier alpha value is -3.72. The van der Waals surface area contributed by atoms with Crippen LogP contribution in [0, 0.1) is 0 Å². The van der Waals surface area contributed by atoms with Crippen molar-refractivity contribution in [2.75, 3.05) is 13.3 Å². The summed E-state index contributed by atoms with van der Waals surface area (Å²) < 4.78 is 10.6. The Morgan fingerprint density at radius 2 is 2.00 bits per heavy atom. The third-order valence-electron chi connectivity index (χ3n) is 6.03. The number of hydrogen-bond donors (Lipinski definition) is 3. The second-order valence-electron chi connectivity index (χ2n) is 8.25. The molecule has 2 aliphatic rings. The standard InChI is InChI=1S/C24H23ClN4O5/c25-16-2-3-18-17(10-16)15(12-26-18)7-8-29-23(31)19(28-24(29)32)4-6-22(30)27-11-14-1-5-20-21(9-14)34-13-33-20/h1-3,5,9-10,12,19,26H,4,6-8,11,13H2,(H,27,30)(H,28,32). The molecule has 10 heteroatoms. The van der Waals surface area contributed by atoms with Gasteiger partial charge in [-0.05, 0) is 54.3 Å². The number of carbonyl (C=O) groups excluding carboxylic acids is 3. The second kappa shape index (κ2) is 9.26. The van der Waals surface area contributed by atoms with Crippen molar-refractivity contribution in [2.45, 2.75) is 31.8 Å². The number of carbonyl (C=O) groups is 3. The van der Waals surface area contributed by atoms with Crippen molar-refractivity contribution in [2.24, 2.45) is 0 Å². The monoisotopic (exact) mass is 482 g/mol. The number of H-pyrrole nitrogens is 1. The number of benzene rings is 2. The molecule has 0 aliphatic carbocycles. The molecule has 1 fully saturated rings. The lowest BCUT2D eigenvalue weighted by molar-refractivity contribution is -0.127. The fraction of sp³-hybridized carbons (Fsp3) is 0.292. The van der Waals surface area contributed by atoms with Gasteiger partial charge in [0.25, 0.3) is 5.91 Å². The molecule has 3 aromatic rings. The minimum Gasteiger partial charge on any atom is -0.454 e. The number of amides is 4. The van der Waals surface area contributed by atoms with E-state index in [4.69, 9.17) is 21.1 Å². The zero-order valence-electron chi connectivity index (χ0n) is 18.2. The van der Waals surface area contributed by atoms with E-state index < -0.39 is 12.1 Å². The number of aromatic nitrogens is 1. The van der Waals surface area contributed by atoms with Crippen molar-refractivity contribution in [1.82, 2.24) is 20.5 Å². The number of fused-ring (bicyclic) bond motifs is 2. The summed E-state index contributed by atoms with van der Waals surface area (Å²) in [6, 6.07) is 9.89. The van der Waals surface area contributed by atoms with Gasteiger partial charge in [-0.2, -0.15) is 0 Å². The molecule has 4 amide bonds. The van der Waals surface area contributed by atoms with Crippen molar-refractivity contribution >= 4 is 40.3 Å². The molecule has 3 heterocycles. The molecule has 9 nitrogen and oxygen atoms in total. The molecule has 0 spiro atoms. The largest absolute Gasteiger partial charge is 0.454 e. The molecule has 176 valence electrons. The molecule has 2 aliphatic heterocycles. The van der Waals surface area contributed by atoms with Crippen LogP contribution in [-0.4, -0.2) is 47.1 Å². The van der Waals surface area contributed by atoms with E-state index in [-0.39, 0.29) is 38.0 Å². The summed E-state index contributed by atoms with van der Waals surface area (Å²) in [5.41, 5.74) is 2.80. The molecular weight excluding hydrogens is 460 g/mol. The van der Waals surface area contributed by atoms with Crippen LogP contribution < -0.4 is 20.1 Å². The maximum absolute atomic E-state index is 12.7. The average Bonchev–Trinajstić information content (AvgIpc) is 3.52. The van der Waals surface area contributed by atoms with E-state index in [0.717, 1.165) is 22.0 Å². The van der Waals surface area contributed by atoms with Crippen molar-refractivity contribution in [3.63, 3.8) is 0 Å². The molecule has 34 heavy (non-hydrogen) atoms. The van der Waals surface area contributed by atoms with Crippen LogP contribution in [-0.2, 0) is 22.6 Å². The minimum absolute atomic E-state index is 0.121. The first-order valence-corrected chi connectivity index (χ1v) is 11.4. The summed E-state index contributed by atoms with van der Waals surface area (Å²) in [5, 5.41) is 7.11. The number of aromatic amines is 1. The fourth-order valence-corrected chi connectivity index (χ4v) is 4.36. The summed E-state index contributed by atoms with van der Waals surface area (Å²) in [5.74, 6) is 0.825. The Morgan fingerprint density at radius 1 is 1.15 bits per heavy atom. The Morgan fingerprint density at radius 3 is 2.88 bits per heavy atom. The SMILES string of the molecule is O=C(CCC1NC(=O)N(CCc2c[nH]c3ccc(Cl)cc23)C1=O)NCc1ccc2c(c1)OCO2. The maximum Gasteiger partial charge on any atom is 0.324 e. The van der Waals surface area contributed by atoms with E-state index >= 15 is 0 Å². The predicted molar refractivity (Wildman–Crippen MR) is 125 cm³/mol. The maximum atomic E-state index is 12.7. The normalized spacial score (nSPS) is 16.9. The second-order valence-corrected chi connectivity index (χ2v) is 8.69. The van der Waals surface area contributed by atoms with Gasteiger partial charge < -0.3 is 25.1 Å². The van der Waals surface area contributed by atoms with Crippen LogP contribution in [0.5, 0.6) is 11.5 Å². The number of ether oxygens (including phenoxy) is 2. The van der Waals surface area contributed by atoms with Gasteiger partial charge in [-0.1, -0.05) is 17.7 Å². The van der Waals surface area contributed by atoms with Gasteiger partial charge in [0.15, 0.2) is 11.5 Å². The van der Waals surface area contributed by atoms with Crippen LogP contribution >= 0.6 is 11.6 Å². The van der Waals surface area contributed by atoms with Gasteiger partial charge in [0.1, 0.15) is 6.04 Å². The Bertz CT molecular complexity index is 1270. The zero-order valence-corrected chi connectivity index (χ0v) is 19.0. The molecule has 1 aromatic heterocycles. The summed E-state index contributed by atoms with van der Waals surface area (Å²) >= 11 is 6.09. The van der Waals surface area contributed by atoms with Crippen molar-refractivity contribution in [1.29, 1.82) is 0 Å². The third kappa shape index (κ3) is 4.51. The number of imide groups is 1. The van der Waals surface area contributed by atoms with Crippen molar-refractivity contribution in [3.8, 4) is 11.5 Å². The van der Waals surface area contributed by atoms with Crippen LogP contribution in [0.3, 0.4) is 0 Å². The summed E-state index contributed by atoms with van der Waals surface area (Å²) in [6.07, 6.45) is 2.72. The van der Waals surface area contributed by atoms with E-state index in [2.05, 4.69) is 15.6 Å². The van der Waals surface area contributed by atoms with Gasteiger partial charge in [0.2, 0.25) is 12.7 Å². The number of nitrogens with zero attached hydrogens (tertiary/aromatic N) is 1. The first-order valence-electron chi connectivity index (χ1n) is 11.0. The average molecular weight is 483 g/mol. The highest BCUT2D eigenvalue weighted by Gasteiger charge is 2.37. The molecular formula is C24H23ClN4O5. The summed E-state index contributed by atoms with van der Waals surface area (Å²) in [4.78, 5) is 41.8. The van der Waals surface area contributed by atoms with Gasteiger partial charge in [0.05, 0.1) is 0 Å². The summed E-state index contributed by atoms with van der Waals surface area (Å²) in [7, 11) is 0. The molecule has 5 rings (SSSR count).